The number of nitrogens with zero attached hydrogens (tertiary/aromatic N) is 3. The summed E-state index contributed by atoms with van der Waals surface area (Å²) in [5, 5.41) is 3.50. The van der Waals surface area contributed by atoms with E-state index in [0.29, 0.717) is 22.0 Å². The lowest BCUT2D eigenvalue weighted by Gasteiger charge is -2.33. The van der Waals surface area contributed by atoms with Crippen molar-refractivity contribution in [1.82, 2.24) is 9.88 Å². The van der Waals surface area contributed by atoms with Crippen molar-refractivity contribution in [3.8, 4) is 5.75 Å². The molecule has 1 saturated heterocycles. The second kappa shape index (κ2) is 7.93. The summed E-state index contributed by atoms with van der Waals surface area (Å²) < 4.78 is 5.32. The van der Waals surface area contributed by atoms with Gasteiger partial charge in [0.1, 0.15) is 11.6 Å². The zero-order chi connectivity index (χ0) is 18.7. The van der Waals surface area contributed by atoms with E-state index in [-0.39, 0.29) is 5.91 Å². The number of hydrogen-bond acceptors (Lipinski definition) is 5. The smallest absolute Gasteiger partial charge is 0.255 e. The molecule has 1 amide bonds. The minimum absolute atomic E-state index is 0.206. The van der Waals surface area contributed by atoms with E-state index >= 15 is 0 Å². The Morgan fingerprint density at radius 2 is 1.96 bits per heavy atom. The van der Waals surface area contributed by atoms with Gasteiger partial charge in [-0.05, 0) is 37.7 Å². The van der Waals surface area contributed by atoms with Gasteiger partial charge in [-0.25, -0.2) is 4.98 Å². The molecule has 1 fully saturated rings. The molecule has 1 N–H and O–H groups in total. The summed E-state index contributed by atoms with van der Waals surface area (Å²) in [6, 6.07) is 7.05. The summed E-state index contributed by atoms with van der Waals surface area (Å²) in [5.41, 5.74) is 2.02. The molecule has 1 aliphatic rings. The van der Waals surface area contributed by atoms with Crippen LogP contribution in [0.2, 0.25) is 5.02 Å². The number of aromatic nitrogens is 1. The first-order valence-corrected chi connectivity index (χ1v) is 8.91. The Hall–Kier alpha value is -2.31. The van der Waals surface area contributed by atoms with Crippen LogP contribution in [0.3, 0.4) is 0 Å². The summed E-state index contributed by atoms with van der Waals surface area (Å²) in [7, 11) is 3.66. The molecule has 0 saturated carbocycles. The van der Waals surface area contributed by atoms with Crippen LogP contribution in [0.1, 0.15) is 15.9 Å². The third-order valence-electron chi connectivity index (χ3n) is 4.56. The zero-order valence-corrected chi connectivity index (χ0v) is 16.0. The fraction of sp³-hybridized carbons (Fsp3) is 0.368. The number of carbonyl (C=O) groups is 1. The minimum atomic E-state index is -0.206. The van der Waals surface area contributed by atoms with Crippen LogP contribution in [-0.2, 0) is 0 Å². The van der Waals surface area contributed by atoms with Crippen LogP contribution in [0, 0.1) is 6.92 Å². The van der Waals surface area contributed by atoms with E-state index in [0.717, 1.165) is 37.6 Å². The highest BCUT2D eigenvalue weighted by atomic mass is 35.5. The molecule has 1 aromatic heterocycles. The van der Waals surface area contributed by atoms with Gasteiger partial charge in [-0.15, -0.1) is 0 Å². The molecule has 0 spiro atoms. The van der Waals surface area contributed by atoms with Gasteiger partial charge in [-0.1, -0.05) is 11.6 Å². The lowest BCUT2D eigenvalue weighted by molar-refractivity contribution is 0.102. The first kappa shape index (κ1) is 18.5. The van der Waals surface area contributed by atoms with Crippen LogP contribution in [0.15, 0.2) is 30.5 Å². The fourth-order valence-electron chi connectivity index (χ4n) is 2.89. The maximum atomic E-state index is 12.7. The predicted octanol–water partition coefficient (Wildman–Crippen LogP) is 3.06. The van der Waals surface area contributed by atoms with Crippen LogP contribution < -0.4 is 15.0 Å². The lowest BCUT2D eigenvalue weighted by Crippen LogP contribution is -2.44. The van der Waals surface area contributed by atoms with Crippen LogP contribution in [0.25, 0.3) is 0 Å². The second-order valence-electron chi connectivity index (χ2n) is 6.45. The number of anilines is 2. The highest BCUT2D eigenvalue weighted by Gasteiger charge is 2.17. The van der Waals surface area contributed by atoms with Gasteiger partial charge < -0.3 is 19.9 Å². The number of amides is 1. The Labute approximate surface area is 158 Å². The molecule has 0 aliphatic carbocycles. The van der Waals surface area contributed by atoms with Gasteiger partial charge in [0.25, 0.3) is 5.91 Å². The average Bonchev–Trinajstić information content (AvgIpc) is 2.65. The van der Waals surface area contributed by atoms with Crippen molar-refractivity contribution in [2.75, 3.05) is 50.6 Å². The van der Waals surface area contributed by atoms with Crippen LogP contribution >= 0.6 is 11.6 Å². The summed E-state index contributed by atoms with van der Waals surface area (Å²) in [4.78, 5) is 21.6. The number of aryl methyl sites for hydroxylation is 1. The number of hydrogen-bond donors (Lipinski definition) is 1. The number of ether oxygens (including phenoxy) is 1. The van der Waals surface area contributed by atoms with Crippen molar-refractivity contribution in [3.63, 3.8) is 0 Å². The van der Waals surface area contributed by atoms with E-state index in [2.05, 4.69) is 27.1 Å². The monoisotopic (exact) mass is 374 g/mol. The molecular formula is C19H23ClN4O2. The highest BCUT2D eigenvalue weighted by molar-refractivity contribution is 6.31. The highest BCUT2D eigenvalue weighted by Crippen LogP contribution is 2.31. The number of piperazine rings is 1. The van der Waals surface area contributed by atoms with Gasteiger partial charge in [0.2, 0.25) is 0 Å². The van der Waals surface area contributed by atoms with E-state index in [1.54, 1.807) is 25.4 Å². The summed E-state index contributed by atoms with van der Waals surface area (Å²) >= 11 is 6.13. The van der Waals surface area contributed by atoms with Crippen molar-refractivity contribution in [1.29, 1.82) is 0 Å². The van der Waals surface area contributed by atoms with E-state index in [4.69, 9.17) is 16.3 Å². The van der Waals surface area contributed by atoms with Gasteiger partial charge in [0.05, 0.1) is 12.8 Å². The lowest BCUT2D eigenvalue weighted by atomic mass is 10.2. The SMILES string of the molecule is COc1cc(Cl)c(C)cc1NC(=O)c1ccnc(N2CCN(C)CC2)c1. The molecule has 3 rings (SSSR count). The van der Waals surface area contributed by atoms with Crippen LogP contribution in [0.4, 0.5) is 11.5 Å². The first-order valence-electron chi connectivity index (χ1n) is 8.53. The van der Waals surface area contributed by atoms with Gasteiger partial charge in [0, 0.05) is 49.0 Å². The number of pyridine rings is 1. The third-order valence-corrected chi connectivity index (χ3v) is 4.97. The molecule has 0 bridgehead atoms. The van der Waals surface area contributed by atoms with Crippen molar-refractivity contribution in [3.05, 3.63) is 46.6 Å². The Morgan fingerprint density at radius 1 is 1.23 bits per heavy atom. The summed E-state index contributed by atoms with van der Waals surface area (Å²) in [6.45, 7) is 5.66. The standard InChI is InChI=1S/C19H23ClN4O2/c1-13-10-16(17(26-3)12-15(13)20)22-19(25)14-4-5-21-18(11-14)24-8-6-23(2)7-9-24/h4-5,10-12H,6-9H2,1-3H3,(H,22,25). The normalized spacial score (nSPS) is 15.0. The topological polar surface area (TPSA) is 57.7 Å². The number of rotatable bonds is 4. The number of halogens is 1. The Kier molecular flexibility index (Phi) is 5.64. The van der Waals surface area contributed by atoms with E-state index in [9.17, 15) is 4.79 Å². The number of nitrogens with one attached hydrogen (secondary N) is 1. The van der Waals surface area contributed by atoms with E-state index in [1.807, 2.05) is 19.1 Å². The molecule has 6 nitrogen and oxygen atoms in total. The molecule has 2 heterocycles. The third kappa shape index (κ3) is 4.08. The molecule has 1 aliphatic heterocycles. The molecule has 7 heteroatoms. The first-order chi connectivity index (χ1) is 12.5. The van der Waals surface area contributed by atoms with Crippen LogP contribution in [-0.4, -0.2) is 56.1 Å². The molecule has 2 aromatic rings. The molecular weight excluding hydrogens is 352 g/mol. The molecule has 0 unspecified atom stereocenters. The van der Waals surface area contributed by atoms with Crippen LogP contribution in [0.5, 0.6) is 5.75 Å². The van der Waals surface area contributed by atoms with Crippen molar-refractivity contribution in [2.45, 2.75) is 6.92 Å². The number of carbonyl (C=O) groups excluding carboxylic acids is 1. The number of benzene rings is 1. The Bertz CT molecular complexity index is 804. The second-order valence-corrected chi connectivity index (χ2v) is 6.86. The maximum Gasteiger partial charge on any atom is 0.255 e. The molecule has 138 valence electrons. The molecule has 0 radical (unpaired) electrons. The van der Waals surface area contributed by atoms with Gasteiger partial charge in [-0.2, -0.15) is 0 Å². The van der Waals surface area contributed by atoms with Crippen molar-refractivity contribution >= 4 is 29.0 Å². The van der Waals surface area contributed by atoms with Gasteiger partial charge >= 0.3 is 0 Å². The fourth-order valence-corrected chi connectivity index (χ4v) is 3.05. The van der Waals surface area contributed by atoms with Gasteiger partial charge in [-0.3, -0.25) is 4.79 Å². The largest absolute Gasteiger partial charge is 0.495 e. The number of likely N-dealkylation sites (N-methyl/N-ethyl adjacent to an activating group) is 1. The molecule has 1 aromatic carbocycles. The Balaban J connectivity index is 1.78. The Morgan fingerprint density at radius 3 is 2.65 bits per heavy atom. The summed E-state index contributed by atoms with van der Waals surface area (Å²) in [5.74, 6) is 1.15. The van der Waals surface area contributed by atoms with E-state index in [1.165, 1.54) is 0 Å². The zero-order valence-electron chi connectivity index (χ0n) is 15.3. The van der Waals surface area contributed by atoms with E-state index < -0.39 is 0 Å². The van der Waals surface area contributed by atoms with Crippen molar-refractivity contribution in [2.24, 2.45) is 0 Å². The van der Waals surface area contributed by atoms with Crippen molar-refractivity contribution < 1.29 is 9.53 Å². The van der Waals surface area contributed by atoms with Gasteiger partial charge in [0.15, 0.2) is 0 Å². The average molecular weight is 375 g/mol. The molecule has 0 atom stereocenters. The minimum Gasteiger partial charge on any atom is -0.495 e. The quantitative estimate of drug-likeness (QED) is 0.891. The predicted molar refractivity (Wildman–Crippen MR) is 105 cm³/mol. The molecule has 26 heavy (non-hydrogen) atoms. The number of methoxy groups -OCH3 is 1. The maximum absolute atomic E-state index is 12.7. The summed E-state index contributed by atoms with van der Waals surface area (Å²) in [6.07, 6.45) is 1.67.